The van der Waals surface area contributed by atoms with E-state index >= 15 is 0 Å². The van der Waals surface area contributed by atoms with Gasteiger partial charge in [-0.15, -0.1) is 0 Å². The van der Waals surface area contributed by atoms with Crippen molar-refractivity contribution < 1.29 is 0 Å². The highest BCUT2D eigenvalue weighted by molar-refractivity contribution is 5.48. The van der Waals surface area contributed by atoms with Crippen molar-refractivity contribution in [1.29, 1.82) is 0 Å². The monoisotopic (exact) mass is 338 g/mol. The Balaban J connectivity index is 1.31. The van der Waals surface area contributed by atoms with E-state index in [9.17, 15) is 0 Å². The first-order chi connectivity index (χ1) is 12.3. The lowest BCUT2D eigenvalue weighted by molar-refractivity contribution is 0.221. The van der Waals surface area contributed by atoms with Crippen LogP contribution in [0.25, 0.3) is 6.08 Å². The van der Waals surface area contributed by atoms with Crippen LogP contribution in [0.1, 0.15) is 89.5 Å². The normalized spacial score (nSPS) is 30.6. The SMILES string of the molecule is CCCC1CCC(CCC2CCC(C=Cc3ccccc3)CC2)CC1. The van der Waals surface area contributed by atoms with E-state index in [4.69, 9.17) is 0 Å². The summed E-state index contributed by atoms with van der Waals surface area (Å²) in [5, 5.41) is 0. The Morgan fingerprint density at radius 2 is 1.24 bits per heavy atom. The lowest BCUT2D eigenvalue weighted by atomic mass is 9.75. The van der Waals surface area contributed by atoms with E-state index < -0.39 is 0 Å². The van der Waals surface area contributed by atoms with Gasteiger partial charge in [-0.05, 0) is 54.9 Å². The van der Waals surface area contributed by atoms with Gasteiger partial charge < -0.3 is 0 Å². The van der Waals surface area contributed by atoms with Gasteiger partial charge in [0.15, 0.2) is 0 Å². The molecule has 0 radical (unpaired) electrons. The van der Waals surface area contributed by atoms with E-state index in [1.807, 2.05) is 0 Å². The predicted octanol–water partition coefficient (Wildman–Crippen LogP) is 7.89. The van der Waals surface area contributed by atoms with Gasteiger partial charge in [0.2, 0.25) is 0 Å². The van der Waals surface area contributed by atoms with E-state index in [2.05, 4.69) is 49.4 Å². The molecule has 1 aromatic carbocycles. The average molecular weight is 339 g/mol. The highest BCUT2D eigenvalue weighted by Crippen LogP contribution is 2.37. The molecule has 2 aliphatic carbocycles. The lowest BCUT2D eigenvalue weighted by Crippen LogP contribution is -2.17. The third kappa shape index (κ3) is 6.32. The Hall–Kier alpha value is -1.04. The summed E-state index contributed by atoms with van der Waals surface area (Å²) in [4.78, 5) is 0. The molecule has 0 spiro atoms. The number of allylic oxidation sites excluding steroid dienone is 1. The van der Waals surface area contributed by atoms with E-state index in [-0.39, 0.29) is 0 Å². The summed E-state index contributed by atoms with van der Waals surface area (Å²) in [6.07, 6.45) is 22.6. The van der Waals surface area contributed by atoms with Crippen LogP contribution in [0.2, 0.25) is 0 Å². The van der Waals surface area contributed by atoms with Gasteiger partial charge in [-0.1, -0.05) is 101 Å². The Bertz CT molecular complexity index is 484. The van der Waals surface area contributed by atoms with Crippen LogP contribution in [0.5, 0.6) is 0 Å². The van der Waals surface area contributed by atoms with Crippen molar-refractivity contribution in [3.63, 3.8) is 0 Å². The van der Waals surface area contributed by atoms with Gasteiger partial charge in [0.1, 0.15) is 0 Å². The van der Waals surface area contributed by atoms with Crippen LogP contribution in [-0.4, -0.2) is 0 Å². The fourth-order valence-electron chi connectivity index (χ4n) is 5.17. The molecule has 2 aliphatic rings. The first kappa shape index (κ1) is 18.7. The van der Waals surface area contributed by atoms with Gasteiger partial charge in [0.05, 0.1) is 0 Å². The molecule has 0 heterocycles. The molecule has 0 atom stereocenters. The second-order valence-corrected chi connectivity index (χ2v) is 8.80. The molecule has 25 heavy (non-hydrogen) atoms. The molecule has 0 amide bonds. The summed E-state index contributed by atoms with van der Waals surface area (Å²) in [5.41, 5.74) is 1.35. The Morgan fingerprint density at radius 1 is 0.720 bits per heavy atom. The van der Waals surface area contributed by atoms with Gasteiger partial charge in [-0.2, -0.15) is 0 Å². The zero-order valence-electron chi connectivity index (χ0n) is 16.3. The van der Waals surface area contributed by atoms with E-state index in [0.717, 1.165) is 23.7 Å². The first-order valence-corrected chi connectivity index (χ1v) is 11.1. The third-order valence-corrected chi connectivity index (χ3v) is 6.90. The van der Waals surface area contributed by atoms with Crippen LogP contribution in [-0.2, 0) is 0 Å². The molecule has 0 bridgehead atoms. The number of hydrogen-bond donors (Lipinski definition) is 0. The van der Waals surface area contributed by atoms with Crippen molar-refractivity contribution in [2.45, 2.75) is 84.0 Å². The topological polar surface area (TPSA) is 0 Å². The fourth-order valence-corrected chi connectivity index (χ4v) is 5.17. The molecular formula is C25H38. The lowest BCUT2D eigenvalue weighted by Gasteiger charge is -2.31. The van der Waals surface area contributed by atoms with Crippen molar-refractivity contribution in [2.24, 2.45) is 23.7 Å². The molecule has 0 heteroatoms. The minimum atomic E-state index is 0.820. The molecule has 138 valence electrons. The second-order valence-electron chi connectivity index (χ2n) is 8.80. The van der Waals surface area contributed by atoms with Crippen LogP contribution >= 0.6 is 0 Å². The van der Waals surface area contributed by atoms with Crippen molar-refractivity contribution in [3.05, 3.63) is 42.0 Å². The molecule has 2 saturated carbocycles. The number of hydrogen-bond acceptors (Lipinski definition) is 0. The van der Waals surface area contributed by atoms with Crippen LogP contribution in [0, 0.1) is 23.7 Å². The molecule has 3 rings (SSSR count). The number of benzene rings is 1. The Kier molecular flexibility index (Phi) is 7.64. The van der Waals surface area contributed by atoms with Gasteiger partial charge in [-0.3, -0.25) is 0 Å². The second kappa shape index (κ2) is 10.2. The molecule has 1 aromatic rings. The van der Waals surface area contributed by atoms with Gasteiger partial charge in [0, 0.05) is 0 Å². The van der Waals surface area contributed by atoms with Gasteiger partial charge in [-0.25, -0.2) is 0 Å². The molecule has 0 nitrogen and oxygen atoms in total. The molecule has 0 N–H and O–H groups in total. The highest BCUT2D eigenvalue weighted by atomic mass is 14.3. The van der Waals surface area contributed by atoms with Crippen molar-refractivity contribution in [3.8, 4) is 0 Å². The van der Waals surface area contributed by atoms with Crippen LogP contribution in [0.3, 0.4) is 0 Å². The van der Waals surface area contributed by atoms with Gasteiger partial charge in [0.25, 0.3) is 0 Å². The summed E-state index contributed by atoms with van der Waals surface area (Å²) < 4.78 is 0. The summed E-state index contributed by atoms with van der Waals surface area (Å²) in [7, 11) is 0. The van der Waals surface area contributed by atoms with Crippen molar-refractivity contribution in [1.82, 2.24) is 0 Å². The number of rotatable bonds is 7. The Labute approximate surface area is 156 Å². The molecule has 0 saturated heterocycles. The quantitative estimate of drug-likeness (QED) is 0.474. The summed E-state index contributed by atoms with van der Waals surface area (Å²) >= 11 is 0. The summed E-state index contributed by atoms with van der Waals surface area (Å²) in [6, 6.07) is 10.8. The standard InChI is InChI=1S/C25H38/c1-2-6-21-9-12-23(13-10-21)15-18-25-19-16-24(17-20-25)14-11-22-7-4-3-5-8-22/h3-5,7-8,11,14,21,23-25H,2,6,9-10,12-13,15-20H2,1H3. The largest absolute Gasteiger partial charge is 0.0808 e. The van der Waals surface area contributed by atoms with Crippen LogP contribution in [0.4, 0.5) is 0 Å². The first-order valence-electron chi connectivity index (χ1n) is 11.1. The zero-order valence-corrected chi connectivity index (χ0v) is 16.3. The summed E-state index contributed by atoms with van der Waals surface area (Å²) in [6.45, 7) is 2.34. The predicted molar refractivity (Wildman–Crippen MR) is 111 cm³/mol. The van der Waals surface area contributed by atoms with Crippen molar-refractivity contribution in [2.75, 3.05) is 0 Å². The average Bonchev–Trinajstić information content (AvgIpc) is 2.68. The molecule has 0 aliphatic heterocycles. The van der Waals surface area contributed by atoms with E-state index in [1.54, 1.807) is 0 Å². The highest BCUT2D eigenvalue weighted by Gasteiger charge is 2.23. The van der Waals surface area contributed by atoms with Gasteiger partial charge >= 0.3 is 0 Å². The maximum Gasteiger partial charge on any atom is -0.0230 e. The molecule has 0 unspecified atom stereocenters. The molecule has 2 fully saturated rings. The maximum absolute atomic E-state index is 2.47. The van der Waals surface area contributed by atoms with Crippen LogP contribution in [0.15, 0.2) is 36.4 Å². The third-order valence-electron chi connectivity index (χ3n) is 6.90. The maximum atomic E-state index is 2.47. The summed E-state index contributed by atoms with van der Waals surface area (Å²) in [5.74, 6) is 3.97. The zero-order chi connectivity index (χ0) is 17.3. The minimum absolute atomic E-state index is 0.820. The fraction of sp³-hybridized carbons (Fsp3) is 0.680. The molecular weight excluding hydrogens is 300 g/mol. The minimum Gasteiger partial charge on any atom is -0.0808 e. The van der Waals surface area contributed by atoms with Crippen molar-refractivity contribution >= 4 is 6.08 Å². The Morgan fingerprint density at radius 3 is 1.80 bits per heavy atom. The molecule has 0 aromatic heterocycles. The van der Waals surface area contributed by atoms with E-state index in [0.29, 0.717) is 0 Å². The van der Waals surface area contributed by atoms with Crippen LogP contribution < -0.4 is 0 Å². The smallest absolute Gasteiger partial charge is 0.0230 e. The van der Waals surface area contributed by atoms with E-state index in [1.165, 1.54) is 82.6 Å².